The van der Waals surface area contributed by atoms with Crippen molar-refractivity contribution in [3.05, 3.63) is 27.7 Å². The van der Waals surface area contributed by atoms with E-state index in [9.17, 15) is 26.3 Å². The highest BCUT2D eigenvalue weighted by Crippen LogP contribution is 2.45. The molecule has 0 atom stereocenters. The molecule has 0 radical (unpaired) electrons. The summed E-state index contributed by atoms with van der Waals surface area (Å²) in [5, 5.41) is -1.56. The third-order valence-corrected chi connectivity index (χ3v) is 2.37. The van der Waals surface area contributed by atoms with Crippen LogP contribution in [-0.2, 0) is 6.18 Å². The molecule has 1 aromatic carbocycles. The molecular formula is C8H2Cl2F6O. The number of ether oxygens (including phenoxy) is 1. The molecule has 0 saturated carbocycles. The van der Waals surface area contributed by atoms with Crippen molar-refractivity contribution >= 4 is 23.2 Å². The maximum absolute atomic E-state index is 12.5. The predicted octanol–water partition coefficient (Wildman–Crippen LogP) is 4.91. The van der Waals surface area contributed by atoms with Crippen LogP contribution >= 0.6 is 23.2 Å². The number of hydrogen-bond acceptors (Lipinski definition) is 1. The van der Waals surface area contributed by atoms with Gasteiger partial charge in [0, 0.05) is 0 Å². The zero-order valence-electron chi connectivity index (χ0n) is 7.59. The topological polar surface area (TPSA) is 9.23 Å². The van der Waals surface area contributed by atoms with Gasteiger partial charge in [0.05, 0.1) is 10.0 Å². The van der Waals surface area contributed by atoms with Gasteiger partial charge in [-0.1, -0.05) is 23.2 Å². The average Bonchev–Trinajstić information content (AvgIpc) is 2.06. The van der Waals surface area contributed by atoms with Crippen molar-refractivity contribution in [3.8, 4) is 5.75 Å². The van der Waals surface area contributed by atoms with Crippen molar-refractivity contribution in [2.24, 2.45) is 0 Å². The smallest absolute Gasteiger partial charge is 0.405 e. The van der Waals surface area contributed by atoms with E-state index in [0.717, 1.165) is 6.07 Å². The highest BCUT2D eigenvalue weighted by molar-refractivity contribution is 6.42. The summed E-state index contributed by atoms with van der Waals surface area (Å²) in [5.74, 6) is -1.44. The zero-order chi connectivity index (χ0) is 13.4. The van der Waals surface area contributed by atoms with Crippen molar-refractivity contribution in [1.82, 2.24) is 0 Å². The summed E-state index contributed by atoms with van der Waals surface area (Å²) in [6.07, 6.45) is -10.4. The number of alkyl halides is 6. The van der Waals surface area contributed by atoms with E-state index < -0.39 is 33.9 Å². The van der Waals surface area contributed by atoms with Crippen LogP contribution in [0.25, 0.3) is 0 Å². The van der Waals surface area contributed by atoms with E-state index in [2.05, 4.69) is 4.74 Å². The van der Waals surface area contributed by atoms with Crippen LogP contribution in [0.5, 0.6) is 5.75 Å². The number of rotatable bonds is 1. The Morgan fingerprint density at radius 3 is 1.88 bits per heavy atom. The molecule has 0 aliphatic rings. The van der Waals surface area contributed by atoms with Crippen LogP contribution < -0.4 is 4.74 Å². The zero-order valence-corrected chi connectivity index (χ0v) is 9.10. The van der Waals surface area contributed by atoms with E-state index in [1.807, 2.05) is 0 Å². The number of halogens is 8. The van der Waals surface area contributed by atoms with Gasteiger partial charge in [0.25, 0.3) is 0 Å². The fourth-order valence-electron chi connectivity index (χ4n) is 1.01. The first kappa shape index (κ1) is 14.2. The van der Waals surface area contributed by atoms with E-state index in [1.165, 1.54) is 0 Å². The molecule has 0 spiro atoms. The summed E-state index contributed by atoms with van der Waals surface area (Å²) >= 11 is 10.5. The standard InChI is InChI=1S/C8H2Cl2F6O/c9-3-1-2-4(17-8(14,15)16)5(6(3)10)7(11,12)13/h1-2H. The average molecular weight is 299 g/mol. The summed E-state index contributed by atoms with van der Waals surface area (Å²) < 4.78 is 76.3. The maximum Gasteiger partial charge on any atom is 0.573 e. The van der Waals surface area contributed by atoms with Gasteiger partial charge in [-0.3, -0.25) is 0 Å². The quantitative estimate of drug-likeness (QED) is 0.669. The highest BCUT2D eigenvalue weighted by Gasteiger charge is 2.41. The van der Waals surface area contributed by atoms with Gasteiger partial charge in [-0.15, -0.1) is 13.2 Å². The van der Waals surface area contributed by atoms with Gasteiger partial charge in [-0.25, -0.2) is 0 Å². The van der Waals surface area contributed by atoms with Crippen molar-refractivity contribution in [2.45, 2.75) is 12.5 Å². The Kier molecular flexibility index (Phi) is 3.73. The highest BCUT2D eigenvalue weighted by atomic mass is 35.5. The van der Waals surface area contributed by atoms with E-state index >= 15 is 0 Å². The number of benzene rings is 1. The minimum absolute atomic E-state index is 0.449. The van der Waals surface area contributed by atoms with Crippen molar-refractivity contribution in [1.29, 1.82) is 0 Å². The molecule has 1 aromatic rings. The third kappa shape index (κ3) is 3.57. The van der Waals surface area contributed by atoms with Gasteiger partial charge in [0.15, 0.2) is 0 Å². The second kappa shape index (κ2) is 4.45. The Hall–Kier alpha value is -0.820. The second-order valence-corrected chi connectivity index (χ2v) is 3.57. The molecule has 1 rings (SSSR count). The van der Waals surface area contributed by atoms with Crippen LogP contribution in [0.3, 0.4) is 0 Å². The predicted molar refractivity (Wildman–Crippen MR) is 48.1 cm³/mol. The van der Waals surface area contributed by atoms with Crippen LogP contribution in [-0.4, -0.2) is 6.36 Å². The van der Waals surface area contributed by atoms with Crippen LogP contribution in [0.4, 0.5) is 26.3 Å². The Bertz CT molecular complexity index is 425. The molecule has 0 aliphatic heterocycles. The molecule has 17 heavy (non-hydrogen) atoms. The largest absolute Gasteiger partial charge is 0.573 e. The second-order valence-electron chi connectivity index (χ2n) is 2.78. The maximum atomic E-state index is 12.5. The molecule has 0 unspecified atom stereocenters. The van der Waals surface area contributed by atoms with Crippen LogP contribution in [0.15, 0.2) is 12.1 Å². The molecule has 0 aromatic heterocycles. The van der Waals surface area contributed by atoms with Gasteiger partial charge in [0.2, 0.25) is 0 Å². The molecule has 96 valence electrons. The first-order valence-corrected chi connectivity index (χ1v) is 4.59. The lowest BCUT2D eigenvalue weighted by Crippen LogP contribution is -2.20. The van der Waals surface area contributed by atoms with E-state index in [1.54, 1.807) is 0 Å². The lowest BCUT2D eigenvalue weighted by molar-refractivity contribution is -0.276. The van der Waals surface area contributed by atoms with Crippen molar-refractivity contribution < 1.29 is 31.1 Å². The van der Waals surface area contributed by atoms with Gasteiger partial charge >= 0.3 is 12.5 Å². The minimum atomic E-state index is -5.25. The summed E-state index contributed by atoms with van der Waals surface area (Å²) in [5.41, 5.74) is -1.76. The van der Waals surface area contributed by atoms with Gasteiger partial charge in [-0.2, -0.15) is 13.2 Å². The molecule has 9 heteroatoms. The SMILES string of the molecule is FC(F)(F)Oc1ccc(Cl)c(Cl)c1C(F)(F)F. The monoisotopic (exact) mass is 298 g/mol. The van der Waals surface area contributed by atoms with E-state index in [0.29, 0.717) is 6.07 Å². The van der Waals surface area contributed by atoms with Crippen LogP contribution in [0.2, 0.25) is 10.0 Å². The summed E-state index contributed by atoms with van der Waals surface area (Å²) in [6, 6.07) is 1.23. The van der Waals surface area contributed by atoms with Gasteiger partial charge < -0.3 is 4.74 Å². The lowest BCUT2D eigenvalue weighted by Gasteiger charge is -2.16. The van der Waals surface area contributed by atoms with Crippen molar-refractivity contribution in [2.75, 3.05) is 0 Å². The summed E-state index contributed by atoms with van der Waals surface area (Å²) in [7, 11) is 0. The lowest BCUT2D eigenvalue weighted by atomic mass is 10.2. The number of hydrogen-bond donors (Lipinski definition) is 0. The van der Waals surface area contributed by atoms with Gasteiger partial charge in [-0.05, 0) is 12.1 Å². The van der Waals surface area contributed by atoms with Crippen molar-refractivity contribution in [3.63, 3.8) is 0 Å². The van der Waals surface area contributed by atoms with Gasteiger partial charge in [0.1, 0.15) is 11.3 Å². The molecule has 0 bridgehead atoms. The molecule has 1 nitrogen and oxygen atoms in total. The molecule has 0 fully saturated rings. The molecule has 0 amide bonds. The first-order valence-electron chi connectivity index (χ1n) is 3.83. The Morgan fingerprint density at radius 2 is 1.47 bits per heavy atom. The molecular weight excluding hydrogens is 297 g/mol. The van der Waals surface area contributed by atoms with Crippen LogP contribution in [0, 0.1) is 0 Å². The molecule has 0 saturated heterocycles. The van der Waals surface area contributed by atoms with Crippen LogP contribution in [0.1, 0.15) is 5.56 Å². The Labute approximate surface area is 101 Å². The first-order chi connectivity index (χ1) is 7.52. The Morgan fingerprint density at radius 1 is 0.941 bits per heavy atom. The van der Waals surface area contributed by atoms with E-state index in [4.69, 9.17) is 23.2 Å². The molecule has 0 heterocycles. The Balaban J connectivity index is 3.36. The minimum Gasteiger partial charge on any atom is -0.405 e. The molecule has 0 aliphatic carbocycles. The fourth-order valence-corrected chi connectivity index (χ4v) is 1.43. The summed E-state index contributed by atoms with van der Waals surface area (Å²) in [6.45, 7) is 0. The fraction of sp³-hybridized carbons (Fsp3) is 0.250. The van der Waals surface area contributed by atoms with E-state index in [-0.39, 0.29) is 0 Å². The summed E-state index contributed by atoms with van der Waals surface area (Å²) in [4.78, 5) is 0. The third-order valence-electron chi connectivity index (χ3n) is 1.57. The normalized spacial score (nSPS) is 12.7. The molecule has 0 N–H and O–H groups in total.